The molecule has 3 aliphatic carbocycles. The van der Waals surface area contributed by atoms with Gasteiger partial charge in [-0.2, -0.15) is 0 Å². The normalized spacial score (nSPS) is 54.2. The molecule has 0 N–H and O–H groups in total. The van der Waals surface area contributed by atoms with Crippen LogP contribution in [0.2, 0.25) is 0 Å². The lowest BCUT2D eigenvalue weighted by atomic mass is 9.38. The van der Waals surface area contributed by atoms with Gasteiger partial charge >= 0.3 is 11.9 Å². The van der Waals surface area contributed by atoms with Gasteiger partial charge in [0.15, 0.2) is 11.9 Å². The molecule has 6 heteroatoms. The Morgan fingerprint density at radius 3 is 2.55 bits per heavy atom. The predicted molar refractivity (Wildman–Crippen MR) is 120 cm³/mol. The van der Waals surface area contributed by atoms with Gasteiger partial charge in [-0.05, 0) is 78.9 Å². The van der Waals surface area contributed by atoms with Gasteiger partial charge < -0.3 is 18.9 Å². The van der Waals surface area contributed by atoms with Crippen molar-refractivity contribution in [1.29, 1.82) is 0 Å². The maximum absolute atomic E-state index is 12.2. The molecule has 0 radical (unpaired) electrons. The highest BCUT2D eigenvalue weighted by molar-refractivity contribution is 5.74. The molecule has 6 fully saturated rings. The van der Waals surface area contributed by atoms with Crippen molar-refractivity contribution in [2.75, 3.05) is 0 Å². The number of carbonyl (C=O) groups excluding carboxylic acids is 2. The first-order chi connectivity index (χ1) is 15.5. The van der Waals surface area contributed by atoms with Crippen LogP contribution in [0, 0.1) is 39.9 Å². The Labute approximate surface area is 197 Å². The highest BCUT2D eigenvalue weighted by Gasteiger charge is 2.71. The van der Waals surface area contributed by atoms with E-state index in [-0.39, 0.29) is 36.0 Å². The van der Waals surface area contributed by atoms with E-state index in [1.54, 1.807) is 0 Å². The minimum atomic E-state index is -0.995. The van der Waals surface area contributed by atoms with Gasteiger partial charge in [-0.1, -0.05) is 34.1 Å². The molecule has 6 rings (SSSR count). The Bertz CT molecular complexity index is 869. The number of hydrogen-bond donors (Lipinski definition) is 0. The number of fused-ring (bicyclic) bond motifs is 7. The lowest BCUT2D eigenvalue weighted by Gasteiger charge is -2.67. The van der Waals surface area contributed by atoms with Gasteiger partial charge in [0.2, 0.25) is 6.29 Å². The Morgan fingerprint density at radius 1 is 1.00 bits per heavy atom. The van der Waals surface area contributed by atoms with Gasteiger partial charge in [0, 0.05) is 12.8 Å². The minimum Gasteiger partial charge on any atom is -0.459 e. The average molecular weight is 461 g/mol. The largest absolute Gasteiger partial charge is 0.459 e. The molecule has 2 unspecified atom stereocenters. The summed E-state index contributed by atoms with van der Waals surface area (Å²) in [5.41, 5.74) is -0.109. The third-order valence-electron chi connectivity index (χ3n) is 11.3. The molecule has 0 aromatic heterocycles. The van der Waals surface area contributed by atoms with Crippen LogP contribution in [0.15, 0.2) is 0 Å². The van der Waals surface area contributed by atoms with Crippen LogP contribution in [0.25, 0.3) is 0 Å². The van der Waals surface area contributed by atoms with Crippen molar-refractivity contribution in [2.24, 2.45) is 39.9 Å². The van der Waals surface area contributed by atoms with Crippen molar-refractivity contribution in [1.82, 2.24) is 0 Å². The Hall–Kier alpha value is -1.14. The summed E-state index contributed by atoms with van der Waals surface area (Å²) in [6.45, 7) is 11.5. The van der Waals surface area contributed by atoms with Gasteiger partial charge in [0.25, 0.3) is 0 Å². The van der Waals surface area contributed by atoms with E-state index in [2.05, 4.69) is 27.7 Å². The second-order valence-electron chi connectivity index (χ2n) is 13.3. The SMILES string of the molecule is CC(=O)O[C@@H]1C[C@@H]2[C@H](CCC3[C@@]4(C)CCCC(C)(C)C4CC[C@]32C)[C@@H]2O[C@H]3OC(=O)C[C@@]31O2. The molecule has 6 aliphatic rings. The summed E-state index contributed by atoms with van der Waals surface area (Å²) in [6.07, 6.45) is 7.84. The monoisotopic (exact) mass is 460 g/mol. The van der Waals surface area contributed by atoms with Crippen molar-refractivity contribution in [3.05, 3.63) is 0 Å². The van der Waals surface area contributed by atoms with Crippen LogP contribution in [0.4, 0.5) is 0 Å². The third-order valence-corrected chi connectivity index (χ3v) is 11.3. The summed E-state index contributed by atoms with van der Waals surface area (Å²) in [6, 6.07) is 0. The molecular formula is C27H40O6. The zero-order chi connectivity index (χ0) is 23.4. The van der Waals surface area contributed by atoms with Crippen LogP contribution in [-0.2, 0) is 28.5 Å². The van der Waals surface area contributed by atoms with Crippen LogP contribution in [0.3, 0.4) is 0 Å². The van der Waals surface area contributed by atoms with Crippen molar-refractivity contribution in [3.8, 4) is 0 Å². The maximum Gasteiger partial charge on any atom is 0.311 e. The summed E-state index contributed by atoms with van der Waals surface area (Å²) in [4.78, 5) is 24.4. The molecule has 10 atom stereocenters. The molecule has 0 amide bonds. The molecule has 3 saturated carbocycles. The maximum atomic E-state index is 12.2. The van der Waals surface area contributed by atoms with Gasteiger partial charge in [-0.3, -0.25) is 9.59 Å². The standard InChI is InChI=1S/C27H40O6/c1-15(28)30-20-13-17-16(22-32-23-27(20,33-22)14-21(29)31-23)7-8-19-25(17,4)12-9-18-24(2,3)10-6-11-26(18,19)5/h16-20,22-23H,6-14H2,1-5H3/t16-,17+,18?,19?,20+,22+,23+,25-,26-,27-/m0/s1. The highest BCUT2D eigenvalue weighted by Crippen LogP contribution is 2.71. The fourth-order valence-electron chi connectivity index (χ4n) is 10.1. The first kappa shape index (κ1) is 22.3. The molecule has 3 saturated heterocycles. The topological polar surface area (TPSA) is 71.1 Å². The van der Waals surface area contributed by atoms with Crippen LogP contribution in [0.5, 0.6) is 0 Å². The fourth-order valence-corrected chi connectivity index (χ4v) is 10.1. The molecule has 1 spiro atoms. The van der Waals surface area contributed by atoms with Gasteiger partial charge in [-0.25, -0.2) is 0 Å². The Morgan fingerprint density at radius 2 is 1.79 bits per heavy atom. The second kappa shape index (κ2) is 6.96. The molecule has 184 valence electrons. The van der Waals surface area contributed by atoms with E-state index in [4.69, 9.17) is 18.9 Å². The van der Waals surface area contributed by atoms with Gasteiger partial charge in [-0.15, -0.1) is 0 Å². The van der Waals surface area contributed by atoms with E-state index in [0.717, 1.165) is 18.8 Å². The number of hydrogen-bond acceptors (Lipinski definition) is 6. The van der Waals surface area contributed by atoms with Crippen molar-refractivity contribution >= 4 is 11.9 Å². The molecule has 3 heterocycles. The van der Waals surface area contributed by atoms with Crippen molar-refractivity contribution in [3.63, 3.8) is 0 Å². The zero-order valence-electron chi connectivity index (χ0n) is 20.9. The first-order valence-corrected chi connectivity index (χ1v) is 13.2. The van der Waals surface area contributed by atoms with Crippen molar-refractivity contribution in [2.45, 2.75) is 117 Å². The Balaban J connectivity index is 1.39. The molecule has 2 bridgehead atoms. The van der Waals surface area contributed by atoms with E-state index >= 15 is 0 Å². The lowest BCUT2D eigenvalue weighted by Crippen LogP contribution is -2.60. The van der Waals surface area contributed by atoms with E-state index < -0.39 is 18.0 Å². The lowest BCUT2D eigenvalue weighted by molar-refractivity contribution is -0.222. The van der Waals surface area contributed by atoms with E-state index in [0.29, 0.717) is 22.7 Å². The van der Waals surface area contributed by atoms with Crippen LogP contribution in [0.1, 0.15) is 92.4 Å². The Kier molecular flexibility index (Phi) is 4.71. The quantitative estimate of drug-likeness (QED) is 0.514. The van der Waals surface area contributed by atoms with Crippen LogP contribution >= 0.6 is 0 Å². The van der Waals surface area contributed by atoms with Gasteiger partial charge in [0.1, 0.15) is 6.10 Å². The highest BCUT2D eigenvalue weighted by atomic mass is 16.8. The predicted octanol–water partition coefficient (Wildman–Crippen LogP) is 4.98. The molecule has 6 nitrogen and oxygen atoms in total. The number of ether oxygens (including phenoxy) is 4. The van der Waals surface area contributed by atoms with Crippen LogP contribution < -0.4 is 0 Å². The summed E-state index contributed by atoms with van der Waals surface area (Å²) in [5, 5.41) is 0. The van der Waals surface area contributed by atoms with E-state index in [1.165, 1.54) is 45.4 Å². The first-order valence-electron chi connectivity index (χ1n) is 13.2. The zero-order valence-corrected chi connectivity index (χ0v) is 20.9. The third kappa shape index (κ3) is 2.92. The van der Waals surface area contributed by atoms with E-state index in [9.17, 15) is 9.59 Å². The molecule has 0 aromatic rings. The summed E-state index contributed by atoms with van der Waals surface area (Å²) in [7, 11) is 0. The fraction of sp³-hybridized carbons (Fsp3) is 0.926. The number of carbonyl (C=O) groups is 2. The molecular weight excluding hydrogens is 420 g/mol. The summed E-state index contributed by atoms with van der Waals surface area (Å²) in [5.74, 6) is 1.32. The second-order valence-corrected chi connectivity index (χ2v) is 13.3. The summed E-state index contributed by atoms with van der Waals surface area (Å²) < 4.78 is 24.2. The minimum absolute atomic E-state index is 0.0969. The van der Waals surface area contributed by atoms with E-state index in [1.807, 2.05) is 0 Å². The molecule has 0 aromatic carbocycles. The number of rotatable bonds is 1. The average Bonchev–Trinajstić information content (AvgIpc) is 3.15. The van der Waals surface area contributed by atoms with Gasteiger partial charge in [0.05, 0.1) is 6.42 Å². The summed E-state index contributed by atoms with van der Waals surface area (Å²) >= 11 is 0. The smallest absolute Gasteiger partial charge is 0.311 e. The van der Waals surface area contributed by atoms with Crippen LogP contribution in [-0.4, -0.2) is 36.2 Å². The number of esters is 2. The van der Waals surface area contributed by atoms with Crippen molar-refractivity contribution < 1.29 is 28.5 Å². The molecule has 33 heavy (non-hydrogen) atoms. The molecule has 3 aliphatic heterocycles.